The van der Waals surface area contributed by atoms with Crippen LogP contribution >= 0.6 is 0 Å². The van der Waals surface area contributed by atoms with Crippen LogP contribution in [0.2, 0.25) is 0 Å². The summed E-state index contributed by atoms with van der Waals surface area (Å²) in [6.07, 6.45) is 3.41. The van der Waals surface area contributed by atoms with Crippen LogP contribution in [-0.4, -0.2) is 35.0 Å². The smallest absolute Gasteiger partial charge is 0.414 e. The molecule has 0 atom stereocenters. The maximum atomic E-state index is 13.0. The number of rotatable bonds is 2. The third kappa shape index (κ3) is 4.02. The van der Waals surface area contributed by atoms with Gasteiger partial charge in [-0.2, -0.15) is 4.79 Å². The Morgan fingerprint density at radius 3 is 2.35 bits per heavy atom. The van der Waals surface area contributed by atoms with Crippen molar-refractivity contribution in [2.24, 2.45) is 0 Å². The number of hydrogen-bond acceptors (Lipinski definition) is 5. The van der Waals surface area contributed by atoms with Gasteiger partial charge in [-0.15, -0.1) is 9.58 Å². The van der Waals surface area contributed by atoms with Crippen LogP contribution in [0.3, 0.4) is 0 Å². The fourth-order valence-electron chi connectivity index (χ4n) is 3.10. The lowest BCUT2D eigenvalue weighted by Crippen LogP contribution is -2.59. The van der Waals surface area contributed by atoms with Gasteiger partial charge < -0.3 is 9.15 Å². The van der Waals surface area contributed by atoms with Gasteiger partial charge in [-0.25, -0.2) is 0 Å². The van der Waals surface area contributed by atoms with Gasteiger partial charge >= 0.3 is 12.1 Å². The number of benzene rings is 1. The minimum Gasteiger partial charge on any atom is -0.414 e. The monoisotopic (exact) mass is 356 g/mol. The maximum Gasteiger partial charge on any atom is 0.525 e. The average Bonchev–Trinajstić information content (AvgIpc) is 3.02. The number of aromatic nitrogens is 2. The van der Waals surface area contributed by atoms with Gasteiger partial charge in [0.05, 0.1) is 0 Å². The van der Waals surface area contributed by atoms with E-state index in [1.54, 1.807) is 6.92 Å². The summed E-state index contributed by atoms with van der Waals surface area (Å²) in [5.41, 5.74) is 1.91. The van der Waals surface area contributed by atoms with Crippen LogP contribution < -0.4 is 4.48 Å². The average molecular weight is 356 g/mol. The summed E-state index contributed by atoms with van der Waals surface area (Å²) in [7, 11) is 0. The lowest BCUT2D eigenvalue weighted by atomic mass is 9.99. The molecule has 1 amide bonds. The Morgan fingerprint density at radius 1 is 1.15 bits per heavy atom. The molecular formula is C20H26N3O3+. The molecule has 6 nitrogen and oxygen atoms in total. The predicted molar refractivity (Wildman–Crippen MR) is 100 cm³/mol. The van der Waals surface area contributed by atoms with Gasteiger partial charge in [0.2, 0.25) is 5.89 Å². The van der Waals surface area contributed by atoms with Crippen molar-refractivity contribution in [3.63, 3.8) is 0 Å². The van der Waals surface area contributed by atoms with Crippen LogP contribution in [0.25, 0.3) is 6.08 Å². The van der Waals surface area contributed by atoms with Crippen molar-refractivity contribution in [2.45, 2.75) is 46.1 Å². The molecule has 0 aliphatic carbocycles. The standard InChI is InChI=1S/C20H26N3O3/c1-15-21-22-18(25-15)23(19(24)26-20(2,3)4)12-10-17(11-13-23)14-16-8-6-5-7-9-16/h5-9,14H,10-13H2,1-4H3/q+1. The molecule has 3 rings (SSSR count). The molecule has 0 spiro atoms. The van der Waals surface area contributed by atoms with Crippen molar-refractivity contribution < 1.29 is 13.9 Å². The second-order valence-corrected chi connectivity index (χ2v) is 7.71. The van der Waals surface area contributed by atoms with E-state index in [-0.39, 0.29) is 10.6 Å². The first-order valence-corrected chi connectivity index (χ1v) is 8.94. The van der Waals surface area contributed by atoms with Gasteiger partial charge in [0.15, 0.2) is 0 Å². The highest BCUT2D eigenvalue weighted by molar-refractivity contribution is 5.80. The number of amides is 1. The molecule has 0 bridgehead atoms. The minimum absolute atomic E-state index is 0.0513. The highest BCUT2D eigenvalue weighted by atomic mass is 16.6. The van der Waals surface area contributed by atoms with Crippen LogP contribution in [0.1, 0.15) is 45.1 Å². The molecule has 26 heavy (non-hydrogen) atoms. The van der Waals surface area contributed by atoms with E-state index in [2.05, 4.69) is 28.4 Å². The van der Waals surface area contributed by atoms with Crippen molar-refractivity contribution in [2.75, 3.05) is 13.1 Å². The summed E-state index contributed by atoms with van der Waals surface area (Å²) in [5, 5.41) is 8.05. The Bertz CT molecular complexity index is 793. The molecule has 1 aromatic heterocycles. The molecule has 0 unspecified atom stereocenters. The van der Waals surface area contributed by atoms with Crippen molar-refractivity contribution in [3.8, 4) is 0 Å². The fourth-order valence-corrected chi connectivity index (χ4v) is 3.10. The number of quaternary nitrogens is 1. The third-order valence-corrected chi connectivity index (χ3v) is 4.42. The molecule has 0 radical (unpaired) electrons. The van der Waals surface area contributed by atoms with E-state index in [0.717, 1.165) is 12.8 Å². The highest BCUT2D eigenvalue weighted by Crippen LogP contribution is 2.32. The fraction of sp³-hybridized carbons (Fsp3) is 0.450. The highest BCUT2D eigenvalue weighted by Gasteiger charge is 2.49. The molecule has 2 heterocycles. The Morgan fingerprint density at radius 2 is 1.81 bits per heavy atom. The molecule has 1 fully saturated rings. The van der Waals surface area contributed by atoms with Crippen LogP contribution in [-0.2, 0) is 4.74 Å². The number of nitrogens with zero attached hydrogens (tertiary/aromatic N) is 3. The molecule has 1 aliphatic heterocycles. The summed E-state index contributed by atoms with van der Waals surface area (Å²) in [6.45, 7) is 8.43. The van der Waals surface area contributed by atoms with Crippen molar-refractivity contribution in [1.29, 1.82) is 0 Å². The molecule has 6 heteroatoms. The number of ether oxygens (including phenoxy) is 1. The summed E-state index contributed by atoms with van der Waals surface area (Å²) < 4.78 is 11.3. The molecule has 138 valence electrons. The maximum absolute atomic E-state index is 13.0. The van der Waals surface area contributed by atoms with Crippen LogP contribution in [0.15, 0.2) is 40.3 Å². The zero-order chi connectivity index (χ0) is 18.8. The van der Waals surface area contributed by atoms with E-state index in [9.17, 15) is 4.79 Å². The summed E-state index contributed by atoms with van der Waals surface area (Å²) >= 11 is 0. The Kier molecular flexibility index (Phi) is 4.96. The number of hydrogen-bond donors (Lipinski definition) is 0. The summed E-state index contributed by atoms with van der Waals surface area (Å²) in [4.78, 5) is 13.0. The first-order chi connectivity index (χ1) is 12.3. The van der Waals surface area contributed by atoms with Crippen LogP contribution in [0.4, 0.5) is 10.8 Å². The van der Waals surface area contributed by atoms with Gasteiger partial charge in [0.25, 0.3) is 0 Å². The normalized spacial score (nSPS) is 20.7. The number of aryl methyl sites for hydroxylation is 1. The Hall–Kier alpha value is -2.47. The predicted octanol–water partition coefficient (Wildman–Crippen LogP) is 4.50. The first kappa shape index (κ1) is 18.3. The van der Waals surface area contributed by atoms with E-state index in [1.807, 2.05) is 39.0 Å². The number of carbonyl (C=O) groups excluding carboxylic acids is 1. The second-order valence-electron chi connectivity index (χ2n) is 7.71. The summed E-state index contributed by atoms with van der Waals surface area (Å²) in [5.74, 6) is 0.451. The van der Waals surface area contributed by atoms with E-state index < -0.39 is 5.60 Å². The molecular weight excluding hydrogens is 330 g/mol. The lowest BCUT2D eigenvalue weighted by Gasteiger charge is -2.35. The zero-order valence-electron chi connectivity index (χ0n) is 15.9. The third-order valence-electron chi connectivity index (χ3n) is 4.42. The van der Waals surface area contributed by atoms with Gasteiger partial charge in [0.1, 0.15) is 18.7 Å². The molecule has 0 N–H and O–H groups in total. The van der Waals surface area contributed by atoms with Crippen molar-refractivity contribution >= 4 is 18.2 Å². The van der Waals surface area contributed by atoms with Gasteiger partial charge in [-0.1, -0.05) is 47.1 Å². The number of carbonyl (C=O) groups is 1. The van der Waals surface area contributed by atoms with Gasteiger partial charge in [-0.3, -0.25) is 0 Å². The SMILES string of the molecule is Cc1nnc([N+]2(C(=O)OC(C)(C)C)CCC(=Cc3ccccc3)CC2)o1. The minimum atomic E-state index is -0.572. The van der Waals surface area contributed by atoms with E-state index in [4.69, 9.17) is 9.15 Å². The molecule has 1 aromatic carbocycles. The van der Waals surface area contributed by atoms with E-state index in [1.165, 1.54) is 11.1 Å². The zero-order valence-corrected chi connectivity index (χ0v) is 15.9. The molecule has 1 aliphatic rings. The summed E-state index contributed by atoms with van der Waals surface area (Å²) in [6, 6.07) is 10.5. The van der Waals surface area contributed by atoms with Gasteiger partial charge in [0, 0.05) is 19.8 Å². The quantitative estimate of drug-likeness (QED) is 0.741. The molecule has 0 saturated carbocycles. The Labute approximate surface area is 154 Å². The van der Waals surface area contributed by atoms with Crippen LogP contribution in [0.5, 0.6) is 0 Å². The van der Waals surface area contributed by atoms with E-state index >= 15 is 0 Å². The number of likely N-dealkylation sites (tertiary alicyclic amines) is 1. The molecule has 1 saturated heterocycles. The van der Waals surface area contributed by atoms with Gasteiger partial charge in [-0.05, 0) is 26.3 Å². The first-order valence-electron chi connectivity index (χ1n) is 8.94. The topological polar surface area (TPSA) is 65.2 Å². The van der Waals surface area contributed by atoms with Crippen molar-refractivity contribution in [3.05, 3.63) is 47.4 Å². The second kappa shape index (κ2) is 7.03. The largest absolute Gasteiger partial charge is 0.525 e. The van der Waals surface area contributed by atoms with E-state index in [0.29, 0.717) is 25.0 Å². The van der Waals surface area contributed by atoms with Crippen molar-refractivity contribution in [1.82, 2.24) is 14.7 Å². The number of piperidine rings is 1. The molecule has 2 aromatic rings. The Balaban J connectivity index is 1.85. The van der Waals surface area contributed by atoms with Crippen LogP contribution in [0, 0.1) is 6.92 Å². The lowest BCUT2D eigenvalue weighted by molar-refractivity contribution is 0.0204.